The van der Waals surface area contributed by atoms with Crippen LogP contribution in [0.5, 0.6) is 0 Å². The van der Waals surface area contributed by atoms with Crippen LogP contribution in [0.4, 0.5) is 23.1 Å². The predicted molar refractivity (Wildman–Crippen MR) is 99.6 cm³/mol. The molecule has 0 amide bonds. The Kier molecular flexibility index (Phi) is 8.79. The molecule has 0 bridgehead atoms. The van der Waals surface area contributed by atoms with Crippen LogP contribution in [-0.2, 0) is 4.79 Å². The molecule has 0 fully saturated rings. The van der Waals surface area contributed by atoms with Crippen molar-refractivity contribution in [1.82, 2.24) is 9.97 Å². The minimum absolute atomic E-state index is 0.181. The van der Waals surface area contributed by atoms with E-state index in [2.05, 4.69) is 22.2 Å². The second-order valence-electron chi connectivity index (χ2n) is 5.20. The zero-order valence-corrected chi connectivity index (χ0v) is 14.9. The lowest BCUT2D eigenvalue weighted by molar-refractivity contribution is -0.384. The van der Waals surface area contributed by atoms with Crippen LogP contribution >= 0.6 is 11.6 Å². The van der Waals surface area contributed by atoms with Crippen molar-refractivity contribution in [2.24, 2.45) is 0 Å². The fourth-order valence-electron chi connectivity index (χ4n) is 1.78. The molecule has 0 unspecified atom stereocenters. The summed E-state index contributed by atoms with van der Waals surface area (Å²) in [7, 11) is 0. The van der Waals surface area contributed by atoms with Crippen molar-refractivity contribution in [1.29, 1.82) is 0 Å². The molecule has 0 radical (unpaired) electrons. The number of nitrogens with zero attached hydrogens (tertiary/aromatic N) is 3. The van der Waals surface area contributed by atoms with E-state index in [0.29, 0.717) is 17.1 Å². The standard InChI is InChI=1S/C10H8ClN5O2.C6H12O2/c11-6-1-3-7(4-2-6)14-10-13-5-8(16(17)18)9(12)15-10;1-2-3-4-5-6(7)8/h1-5H,(H3,12,13,14,15);2-5H2,1H3,(H,7,8). The first-order chi connectivity index (χ1) is 12.3. The van der Waals surface area contributed by atoms with Crippen molar-refractivity contribution in [3.8, 4) is 0 Å². The fraction of sp³-hybridized carbons (Fsp3) is 0.312. The molecule has 0 spiro atoms. The molecular formula is C16H20ClN5O4. The van der Waals surface area contributed by atoms with E-state index in [0.717, 1.165) is 25.5 Å². The number of nitro groups is 1. The lowest BCUT2D eigenvalue weighted by Gasteiger charge is -2.05. The van der Waals surface area contributed by atoms with Crippen LogP contribution < -0.4 is 11.1 Å². The second-order valence-corrected chi connectivity index (χ2v) is 5.64. The number of anilines is 3. The number of carboxylic acid groups (broad SMARTS) is 1. The topological polar surface area (TPSA) is 144 Å². The maximum Gasteiger partial charge on any atom is 0.329 e. The van der Waals surface area contributed by atoms with Gasteiger partial charge in [0.05, 0.1) is 4.92 Å². The number of rotatable bonds is 7. The van der Waals surface area contributed by atoms with Gasteiger partial charge in [0.25, 0.3) is 0 Å². The number of carbonyl (C=O) groups is 1. The number of nitrogens with two attached hydrogens (primary N) is 1. The van der Waals surface area contributed by atoms with Crippen LogP contribution in [0.15, 0.2) is 30.5 Å². The highest BCUT2D eigenvalue weighted by Crippen LogP contribution is 2.21. The number of halogens is 1. The Morgan fingerprint density at radius 2 is 2.00 bits per heavy atom. The molecular weight excluding hydrogens is 362 g/mol. The molecule has 1 aromatic carbocycles. The smallest absolute Gasteiger partial charge is 0.329 e. The van der Waals surface area contributed by atoms with Gasteiger partial charge in [0.2, 0.25) is 11.8 Å². The maximum atomic E-state index is 10.5. The summed E-state index contributed by atoms with van der Waals surface area (Å²) in [5.41, 5.74) is 5.83. The van der Waals surface area contributed by atoms with Crippen molar-refractivity contribution in [2.45, 2.75) is 32.6 Å². The molecule has 1 aromatic heterocycles. The number of hydrogen-bond acceptors (Lipinski definition) is 7. The minimum atomic E-state index is -0.682. The van der Waals surface area contributed by atoms with Gasteiger partial charge in [-0.25, -0.2) is 4.98 Å². The van der Waals surface area contributed by atoms with Gasteiger partial charge >= 0.3 is 11.7 Å². The Labute approximate surface area is 155 Å². The van der Waals surface area contributed by atoms with Crippen molar-refractivity contribution < 1.29 is 14.8 Å². The van der Waals surface area contributed by atoms with Gasteiger partial charge in [-0.05, 0) is 30.7 Å². The molecule has 0 saturated carbocycles. The number of aromatic nitrogens is 2. The highest BCUT2D eigenvalue weighted by atomic mass is 35.5. The highest BCUT2D eigenvalue weighted by Gasteiger charge is 2.14. The summed E-state index contributed by atoms with van der Waals surface area (Å²) in [5.74, 6) is -0.690. The molecule has 0 aliphatic carbocycles. The number of unbranched alkanes of at least 4 members (excludes halogenated alkanes) is 2. The summed E-state index contributed by atoms with van der Waals surface area (Å²) in [4.78, 5) is 27.4. The Morgan fingerprint density at radius 1 is 1.35 bits per heavy atom. The third-order valence-electron chi connectivity index (χ3n) is 3.09. The van der Waals surface area contributed by atoms with Crippen LogP contribution in [0.3, 0.4) is 0 Å². The lowest BCUT2D eigenvalue weighted by atomic mass is 10.2. The quantitative estimate of drug-likeness (QED) is 0.370. The van der Waals surface area contributed by atoms with E-state index in [1.54, 1.807) is 24.3 Å². The van der Waals surface area contributed by atoms with Gasteiger partial charge in [-0.3, -0.25) is 14.9 Å². The molecule has 2 rings (SSSR count). The van der Waals surface area contributed by atoms with Crippen LogP contribution in [0.25, 0.3) is 0 Å². The van der Waals surface area contributed by atoms with Crippen LogP contribution in [0.1, 0.15) is 32.6 Å². The molecule has 4 N–H and O–H groups in total. The first kappa shape index (κ1) is 21.1. The molecule has 10 heteroatoms. The number of benzene rings is 1. The van der Waals surface area contributed by atoms with Crippen LogP contribution in [-0.4, -0.2) is 26.0 Å². The van der Waals surface area contributed by atoms with E-state index in [1.807, 2.05) is 0 Å². The molecule has 140 valence electrons. The van der Waals surface area contributed by atoms with Gasteiger partial charge in [0.15, 0.2) is 0 Å². The van der Waals surface area contributed by atoms with Gasteiger partial charge in [-0.2, -0.15) is 4.98 Å². The molecule has 0 aliphatic heterocycles. The molecule has 26 heavy (non-hydrogen) atoms. The lowest BCUT2D eigenvalue weighted by Crippen LogP contribution is -2.03. The second kappa shape index (κ2) is 10.8. The summed E-state index contributed by atoms with van der Waals surface area (Å²) in [5, 5.41) is 22.1. The zero-order chi connectivity index (χ0) is 19.5. The Hall–Kier alpha value is -2.94. The van der Waals surface area contributed by atoms with Gasteiger partial charge in [0.1, 0.15) is 6.20 Å². The van der Waals surface area contributed by atoms with E-state index in [4.69, 9.17) is 22.4 Å². The van der Waals surface area contributed by atoms with Crippen molar-refractivity contribution in [3.05, 3.63) is 45.6 Å². The van der Waals surface area contributed by atoms with E-state index in [9.17, 15) is 14.9 Å². The van der Waals surface area contributed by atoms with E-state index in [1.165, 1.54) is 0 Å². The summed E-state index contributed by atoms with van der Waals surface area (Å²) in [6, 6.07) is 6.84. The SMILES string of the molecule is CCCCCC(=O)O.Nc1nc(Nc2ccc(Cl)cc2)ncc1[N+](=O)[O-]. The molecule has 0 saturated heterocycles. The van der Waals surface area contributed by atoms with E-state index < -0.39 is 10.9 Å². The number of nitrogen functional groups attached to an aromatic ring is 1. The highest BCUT2D eigenvalue weighted by molar-refractivity contribution is 6.30. The summed E-state index contributed by atoms with van der Waals surface area (Å²) in [6.07, 6.45) is 4.33. The van der Waals surface area contributed by atoms with Gasteiger partial charge in [0, 0.05) is 17.1 Å². The first-order valence-corrected chi connectivity index (χ1v) is 8.22. The zero-order valence-electron chi connectivity index (χ0n) is 14.2. The number of nitrogens with one attached hydrogen (secondary N) is 1. The third kappa shape index (κ3) is 7.75. The van der Waals surface area contributed by atoms with Crippen molar-refractivity contribution >= 4 is 40.7 Å². The molecule has 2 aromatic rings. The van der Waals surface area contributed by atoms with Crippen molar-refractivity contribution in [3.63, 3.8) is 0 Å². The largest absolute Gasteiger partial charge is 0.481 e. The molecule has 0 aliphatic rings. The Bertz CT molecular complexity index is 740. The maximum absolute atomic E-state index is 10.5. The van der Waals surface area contributed by atoms with Crippen LogP contribution in [0.2, 0.25) is 5.02 Å². The normalized spacial score (nSPS) is 9.77. The number of hydrogen-bond donors (Lipinski definition) is 3. The first-order valence-electron chi connectivity index (χ1n) is 7.84. The predicted octanol–water partition coefficient (Wildman–Crippen LogP) is 4.02. The summed E-state index contributed by atoms with van der Waals surface area (Å²) >= 11 is 5.74. The van der Waals surface area contributed by atoms with E-state index in [-0.39, 0.29) is 17.5 Å². The Balaban J connectivity index is 0.000000359. The van der Waals surface area contributed by atoms with Gasteiger partial charge < -0.3 is 16.2 Å². The van der Waals surface area contributed by atoms with Gasteiger partial charge in [-0.1, -0.05) is 31.4 Å². The third-order valence-corrected chi connectivity index (χ3v) is 3.34. The van der Waals surface area contributed by atoms with Crippen LogP contribution in [0, 0.1) is 10.1 Å². The fourth-order valence-corrected chi connectivity index (χ4v) is 1.90. The summed E-state index contributed by atoms with van der Waals surface area (Å²) < 4.78 is 0. The van der Waals surface area contributed by atoms with Crippen molar-refractivity contribution in [2.75, 3.05) is 11.1 Å². The molecule has 0 atom stereocenters. The Morgan fingerprint density at radius 3 is 2.50 bits per heavy atom. The summed E-state index contributed by atoms with van der Waals surface area (Å²) in [6.45, 7) is 2.06. The number of carboxylic acids is 1. The molecule has 9 nitrogen and oxygen atoms in total. The number of aliphatic carboxylic acids is 1. The average Bonchev–Trinajstić information content (AvgIpc) is 2.57. The average molecular weight is 382 g/mol. The molecule has 1 heterocycles. The minimum Gasteiger partial charge on any atom is -0.481 e. The van der Waals surface area contributed by atoms with E-state index >= 15 is 0 Å². The van der Waals surface area contributed by atoms with Gasteiger partial charge in [-0.15, -0.1) is 0 Å². The monoisotopic (exact) mass is 381 g/mol.